The van der Waals surface area contributed by atoms with Gasteiger partial charge in [-0.05, 0) is 44.0 Å². The Morgan fingerprint density at radius 3 is 2.29 bits per heavy atom. The van der Waals surface area contributed by atoms with E-state index in [1.807, 2.05) is 32.9 Å². The second-order valence-corrected chi connectivity index (χ2v) is 6.63. The summed E-state index contributed by atoms with van der Waals surface area (Å²) in [7, 11) is 2.78. The molecule has 0 aliphatic rings. The zero-order valence-electron chi connectivity index (χ0n) is 16.5. The highest BCUT2D eigenvalue weighted by atomic mass is 16.6. The van der Waals surface area contributed by atoms with Crippen molar-refractivity contribution in [1.29, 1.82) is 0 Å². The van der Waals surface area contributed by atoms with E-state index in [4.69, 9.17) is 4.74 Å². The van der Waals surface area contributed by atoms with E-state index in [0.29, 0.717) is 0 Å². The van der Waals surface area contributed by atoms with Crippen molar-refractivity contribution in [3.63, 3.8) is 0 Å². The van der Waals surface area contributed by atoms with Crippen LogP contribution in [0.25, 0.3) is 0 Å². The number of hydrogen-bond donors (Lipinski definition) is 1. The third-order valence-electron chi connectivity index (χ3n) is 4.29. The van der Waals surface area contributed by atoms with Crippen molar-refractivity contribution in [2.24, 2.45) is 0 Å². The number of benzene rings is 2. The lowest BCUT2D eigenvalue weighted by atomic mass is 10.1. The van der Waals surface area contributed by atoms with E-state index in [1.54, 1.807) is 0 Å². The minimum Gasteiger partial charge on any atom is -0.490 e. The number of anilines is 1. The maximum atomic E-state index is 12.6. The number of nitro groups is 1. The molecule has 2 amide bonds. The van der Waals surface area contributed by atoms with E-state index < -0.39 is 10.8 Å². The Labute approximate surface area is 163 Å². The molecule has 2 aromatic rings. The van der Waals surface area contributed by atoms with Gasteiger partial charge >= 0.3 is 5.69 Å². The van der Waals surface area contributed by atoms with Crippen LogP contribution in [0.2, 0.25) is 0 Å². The van der Waals surface area contributed by atoms with Crippen molar-refractivity contribution in [2.45, 2.75) is 20.8 Å². The van der Waals surface area contributed by atoms with E-state index in [1.165, 1.54) is 31.2 Å². The molecule has 0 aliphatic carbocycles. The Morgan fingerprint density at radius 1 is 1.14 bits per heavy atom. The summed E-state index contributed by atoms with van der Waals surface area (Å²) in [5, 5.41) is 14.0. The summed E-state index contributed by atoms with van der Waals surface area (Å²) in [5.41, 5.74) is 3.48. The van der Waals surface area contributed by atoms with Crippen molar-refractivity contribution in [2.75, 3.05) is 26.0 Å². The number of carbonyl (C=O) groups is 2. The molecule has 0 saturated heterocycles. The number of aryl methyl sites for hydroxylation is 3. The van der Waals surface area contributed by atoms with Crippen LogP contribution in [0.1, 0.15) is 27.0 Å². The average Bonchev–Trinajstić information content (AvgIpc) is 2.63. The topological polar surface area (TPSA) is 102 Å². The van der Waals surface area contributed by atoms with Crippen LogP contribution in [-0.2, 0) is 4.79 Å². The molecular formula is C20H23N3O5. The molecule has 1 N–H and O–H groups in total. The molecule has 0 aliphatic heterocycles. The Balaban J connectivity index is 2.13. The molecule has 2 aromatic carbocycles. The fourth-order valence-electron chi connectivity index (χ4n) is 3.03. The second-order valence-electron chi connectivity index (χ2n) is 6.63. The molecule has 0 bridgehead atoms. The highest BCUT2D eigenvalue weighted by molar-refractivity contribution is 6.00. The average molecular weight is 385 g/mol. The Kier molecular flexibility index (Phi) is 6.35. The molecule has 0 aromatic heterocycles. The quantitative estimate of drug-likeness (QED) is 0.607. The summed E-state index contributed by atoms with van der Waals surface area (Å²) < 4.78 is 4.93. The molecular weight excluding hydrogens is 362 g/mol. The zero-order valence-corrected chi connectivity index (χ0v) is 16.5. The first-order valence-electron chi connectivity index (χ1n) is 8.59. The minimum atomic E-state index is -0.620. The summed E-state index contributed by atoms with van der Waals surface area (Å²) in [4.78, 5) is 36.7. The number of carbonyl (C=O) groups excluding carboxylic acids is 2. The van der Waals surface area contributed by atoms with Crippen molar-refractivity contribution in [3.05, 3.63) is 62.7 Å². The van der Waals surface area contributed by atoms with Crippen molar-refractivity contribution < 1.29 is 19.2 Å². The highest BCUT2D eigenvalue weighted by Crippen LogP contribution is 2.28. The monoisotopic (exact) mass is 385 g/mol. The van der Waals surface area contributed by atoms with Crippen molar-refractivity contribution in [3.8, 4) is 5.75 Å². The number of methoxy groups -OCH3 is 1. The van der Waals surface area contributed by atoms with Gasteiger partial charge in [0.25, 0.3) is 5.91 Å². The normalized spacial score (nSPS) is 10.3. The number of nitro benzene ring substituents is 1. The second kappa shape index (κ2) is 8.51. The van der Waals surface area contributed by atoms with Gasteiger partial charge in [0, 0.05) is 24.4 Å². The lowest BCUT2D eigenvalue weighted by molar-refractivity contribution is -0.385. The van der Waals surface area contributed by atoms with Crippen LogP contribution in [0, 0.1) is 30.9 Å². The van der Waals surface area contributed by atoms with Gasteiger partial charge in [-0.1, -0.05) is 17.7 Å². The number of nitrogens with zero attached hydrogens (tertiary/aromatic N) is 2. The first kappa shape index (κ1) is 20.9. The maximum Gasteiger partial charge on any atom is 0.311 e. The number of rotatable bonds is 6. The van der Waals surface area contributed by atoms with E-state index >= 15 is 0 Å². The zero-order chi connectivity index (χ0) is 21.0. The molecule has 0 saturated carbocycles. The third-order valence-corrected chi connectivity index (χ3v) is 4.29. The third kappa shape index (κ3) is 4.64. The van der Waals surface area contributed by atoms with Crippen LogP contribution >= 0.6 is 0 Å². The lowest BCUT2D eigenvalue weighted by Gasteiger charge is -2.18. The summed E-state index contributed by atoms with van der Waals surface area (Å²) in [6, 6.07) is 7.86. The van der Waals surface area contributed by atoms with E-state index in [-0.39, 0.29) is 29.5 Å². The lowest BCUT2D eigenvalue weighted by Crippen LogP contribution is -2.35. The van der Waals surface area contributed by atoms with E-state index in [0.717, 1.165) is 28.4 Å². The Morgan fingerprint density at radius 2 is 1.75 bits per heavy atom. The van der Waals surface area contributed by atoms with Gasteiger partial charge in [-0.25, -0.2) is 0 Å². The molecule has 8 nitrogen and oxygen atoms in total. The van der Waals surface area contributed by atoms with Gasteiger partial charge in [-0.3, -0.25) is 19.7 Å². The van der Waals surface area contributed by atoms with Crippen molar-refractivity contribution >= 4 is 23.2 Å². The summed E-state index contributed by atoms with van der Waals surface area (Å²) in [5.74, 6) is -0.792. The fraction of sp³-hybridized carbons (Fsp3) is 0.300. The largest absolute Gasteiger partial charge is 0.490 e. The van der Waals surface area contributed by atoms with Gasteiger partial charge in [0.05, 0.1) is 18.6 Å². The summed E-state index contributed by atoms with van der Waals surface area (Å²) in [6.45, 7) is 5.60. The smallest absolute Gasteiger partial charge is 0.311 e. The van der Waals surface area contributed by atoms with Gasteiger partial charge in [0.15, 0.2) is 5.75 Å². The minimum absolute atomic E-state index is 0.0623. The first-order chi connectivity index (χ1) is 13.1. The van der Waals surface area contributed by atoms with Crippen LogP contribution < -0.4 is 10.1 Å². The molecule has 0 heterocycles. The van der Waals surface area contributed by atoms with Crippen LogP contribution in [0.15, 0.2) is 30.3 Å². The molecule has 0 unspecified atom stereocenters. The van der Waals surface area contributed by atoms with Gasteiger partial charge in [-0.15, -0.1) is 0 Å². The standard InChI is InChI=1S/C20H23N3O5/c1-12-8-13(2)19(14(3)9-12)21-18(24)11-22(4)20(25)15-6-7-17(28-5)16(10-15)23(26)27/h6-10H,11H2,1-5H3,(H,21,24). The number of ether oxygens (including phenoxy) is 1. The molecule has 148 valence electrons. The number of amides is 2. The van der Waals surface area contributed by atoms with Crippen LogP contribution in [0.5, 0.6) is 5.75 Å². The summed E-state index contributed by atoms with van der Waals surface area (Å²) >= 11 is 0. The van der Waals surface area contributed by atoms with Crippen LogP contribution in [-0.4, -0.2) is 42.3 Å². The van der Waals surface area contributed by atoms with Gasteiger partial charge < -0.3 is 15.0 Å². The van der Waals surface area contributed by atoms with Gasteiger partial charge in [-0.2, -0.15) is 0 Å². The fourth-order valence-corrected chi connectivity index (χ4v) is 3.03. The molecule has 0 fully saturated rings. The highest BCUT2D eigenvalue weighted by Gasteiger charge is 2.21. The molecule has 2 rings (SSSR count). The molecule has 0 atom stereocenters. The predicted molar refractivity (Wildman–Crippen MR) is 106 cm³/mol. The molecule has 28 heavy (non-hydrogen) atoms. The Bertz CT molecular complexity index is 916. The first-order valence-corrected chi connectivity index (χ1v) is 8.59. The van der Waals surface area contributed by atoms with Crippen LogP contribution in [0.4, 0.5) is 11.4 Å². The van der Waals surface area contributed by atoms with E-state index in [9.17, 15) is 19.7 Å². The number of likely N-dealkylation sites (N-methyl/N-ethyl adjacent to an activating group) is 1. The number of hydrogen-bond acceptors (Lipinski definition) is 5. The SMILES string of the molecule is COc1ccc(C(=O)N(C)CC(=O)Nc2c(C)cc(C)cc2C)cc1[N+](=O)[O-]. The molecule has 0 radical (unpaired) electrons. The number of nitrogens with one attached hydrogen (secondary N) is 1. The Hall–Kier alpha value is -3.42. The van der Waals surface area contributed by atoms with Crippen LogP contribution in [0.3, 0.4) is 0 Å². The summed E-state index contributed by atoms with van der Waals surface area (Å²) in [6.07, 6.45) is 0. The molecule has 8 heteroatoms. The predicted octanol–water partition coefficient (Wildman–Crippen LogP) is 3.24. The van der Waals surface area contributed by atoms with Gasteiger partial charge in [0.1, 0.15) is 0 Å². The van der Waals surface area contributed by atoms with E-state index in [2.05, 4.69) is 5.32 Å². The molecule has 0 spiro atoms. The maximum absolute atomic E-state index is 12.6. The van der Waals surface area contributed by atoms with Crippen molar-refractivity contribution in [1.82, 2.24) is 4.90 Å². The van der Waals surface area contributed by atoms with Gasteiger partial charge in [0.2, 0.25) is 5.91 Å².